The van der Waals surface area contributed by atoms with Crippen molar-refractivity contribution in [2.24, 2.45) is 0 Å². The summed E-state index contributed by atoms with van der Waals surface area (Å²) in [6.07, 6.45) is 0. The van der Waals surface area contributed by atoms with Crippen LogP contribution in [0.2, 0.25) is 10.0 Å². The Hall–Kier alpha value is -1.23. The van der Waals surface area contributed by atoms with Crippen LogP contribution in [0.3, 0.4) is 0 Å². The monoisotopic (exact) mass is 387 g/mol. The molecule has 6 heteroatoms. The Labute approximate surface area is 141 Å². The van der Waals surface area contributed by atoms with E-state index in [9.17, 15) is 4.79 Å². The van der Waals surface area contributed by atoms with Gasteiger partial charge in [-0.25, -0.2) is 4.79 Å². The number of carbonyl (C=O) groups excluding carboxylic acids is 1. The van der Waals surface area contributed by atoms with E-state index in [0.717, 1.165) is 10.0 Å². The summed E-state index contributed by atoms with van der Waals surface area (Å²) in [6, 6.07) is 10.6. The number of rotatable bonds is 4. The van der Waals surface area contributed by atoms with Crippen molar-refractivity contribution in [2.75, 3.05) is 12.4 Å². The molecule has 3 nitrogen and oxygen atoms in total. The van der Waals surface area contributed by atoms with Crippen molar-refractivity contribution < 1.29 is 9.53 Å². The number of hydrogen-bond acceptors (Lipinski definition) is 3. The van der Waals surface area contributed by atoms with Gasteiger partial charge in [-0.1, -0.05) is 29.3 Å². The number of halogens is 3. The first-order valence-electron chi connectivity index (χ1n) is 6.07. The predicted molar refractivity (Wildman–Crippen MR) is 89.3 cm³/mol. The number of benzene rings is 2. The summed E-state index contributed by atoms with van der Waals surface area (Å²) in [5.41, 5.74) is 2.11. The maximum Gasteiger partial charge on any atom is 0.337 e. The highest BCUT2D eigenvalue weighted by atomic mass is 79.9. The lowest BCUT2D eigenvalue weighted by molar-refractivity contribution is 0.0601. The summed E-state index contributed by atoms with van der Waals surface area (Å²) in [4.78, 5) is 11.5. The van der Waals surface area contributed by atoms with E-state index >= 15 is 0 Å². The molecule has 0 atom stereocenters. The van der Waals surface area contributed by atoms with Crippen molar-refractivity contribution in [2.45, 2.75) is 6.54 Å². The Balaban J connectivity index is 2.15. The molecule has 0 spiro atoms. The minimum atomic E-state index is -0.401. The van der Waals surface area contributed by atoms with Crippen LogP contribution in [0.1, 0.15) is 15.9 Å². The number of esters is 1. The van der Waals surface area contributed by atoms with Gasteiger partial charge < -0.3 is 10.1 Å². The highest BCUT2D eigenvalue weighted by molar-refractivity contribution is 9.10. The van der Waals surface area contributed by atoms with Crippen molar-refractivity contribution in [1.29, 1.82) is 0 Å². The summed E-state index contributed by atoms with van der Waals surface area (Å²) >= 11 is 15.5. The van der Waals surface area contributed by atoms with E-state index in [2.05, 4.69) is 21.2 Å². The van der Waals surface area contributed by atoms with Crippen molar-refractivity contribution in [1.82, 2.24) is 0 Å². The summed E-state index contributed by atoms with van der Waals surface area (Å²) < 4.78 is 5.54. The number of methoxy groups -OCH3 is 1. The largest absolute Gasteiger partial charge is 0.465 e. The second-order valence-electron chi connectivity index (χ2n) is 4.29. The van der Waals surface area contributed by atoms with Gasteiger partial charge in [0.05, 0.1) is 28.4 Å². The molecule has 0 amide bonds. The van der Waals surface area contributed by atoms with Gasteiger partial charge in [-0.15, -0.1) is 0 Å². The highest BCUT2D eigenvalue weighted by Crippen LogP contribution is 2.26. The van der Waals surface area contributed by atoms with Gasteiger partial charge in [-0.05, 0) is 51.8 Å². The first-order chi connectivity index (χ1) is 10.0. The van der Waals surface area contributed by atoms with Crippen LogP contribution in [0.25, 0.3) is 0 Å². The molecule has 2 aromatic carbocycles. The molecule has 2 aromatic rings. The quantitative estimate of drug-likeness (QED) is 0.735. The third-order valence-electron chi connectivity index (χ3n) is 2.85. The molecule has 0 fully saturated rings. The van der Waals surface area contributed by atoms with Crippen molar-refractivity contribution in [3.63, 3.8) is 0 Å². The van der Waals surface area contributed by atoms with Gasteiger partial charge in [0.25, 0.3) is 0 Å². The fourth-order valence-corrected chi connectivity index (χ4v) is 2.39. The molecule has 0 aliphatic carbocycles. The summed E-state index contributed by atoms with van der Waals surface area (Å²) in [7, 11) is 1.34. The van der Waals surface area contributed by atoms with Gasteiger partial charge in [-0.3, -0.25) is 0 Å². The normalized spacial score (nSPS) is 10.3. The Bertz CT molecular complexity index is 677. The molecular weight excluding hydrogens is 377 g/mol. The maximum atomic E-state index is 11.5. The van der Waals surface area contributed by atoms with Gasteiger partial charge in [-0.2, -0.15) is 0 Å². The zero-order valence-electron chi connectivity index (χ0n) is 11.1. The van der Waals surface area contributed by atoms with Crippen LogP contribution in [0, 0.1) is 0 Å². The Morgan fingerprint density at radius 1 is 1.19 bits per heavy atom. The average molecular weight is 389 g/mol. The van der Waals surface area contributed by atoms with Crippen LogP contribution >= 0.6 is 39.1 Å². The molecule has 0 aliphatic heterocycles. The molecule has 21 heavy (non-hydrogen) atoms. The fraction of sp³-hybridized carbons (Fsp3) is 0.133. The third-order valence-corrected chi connectivity index (χ3v) is 4.42. The SMILES string of the molecule is COC(=O)c1ccc(Cl)c(NCc2ccc(Br)c(Cl)c2)c1. The standard InChI is InChI=1S/C15H12BrCl2NO2/c1-21-15(20)10-3-5-12(17)14(7-10)19-8-9-2-4-11(16)13(18)6-9/h2-7,19H,8H2,1H3. The van der Waals surface area contributed by atoms with Crippen LogP contribution in [0.4, 0.5) is 5.69 Å². The number of anilines is 1. The zero-order chi connectivity index (χ0) is 15.4. The van der Waals surface area contributed by atoms with Crippen LogP contribution < -0.4 is 5.32 Å². The van der Waals surface area contributed by atoms with E-state index in [4.69, 9.17) is 27.9 Å². The Kier molecular flexibility index (Phi) is 5.51. The minimum absolute atomic E-state index is 0.401. The molecular formula is C15H12BrCl2NO2. The number of hydrogen-bond donors (Lipinski definition) is 1. The summed E-state index contributed by atoms with van der Waals surface area (Å²) in [5.74, 6) is -0.401. The van der Waals surface area contributed by atoms with Crippen LogP contribution in [-0.2, 0) is 11.3 Å². The van der Waals surface area contributed by atoms with E-state index in [-0.39, 0.29) is 0 Å². The second kappa shape index (κ2) is 7.16. The van der Waals surface area contributed by atoms with E-state index < -0.39 is 5.97 Å². The average Bonchev–Trinajstić information content (AvgIpc) is 2.49. The van der Waals surface area contributed by atoms with Crippen LogP contribution in [0.15, 0.2) is 40.9 Å². The van der Waals surface area contributed by atoms with E-state index in [1.807, 2.05) is 18.2 Å². The lowest BCUT2D eigenvalue weighted by Gasteiger charge is -2.10. The molecule has 2 rings (SSSR count). The molecule has 0 saturated carbocycles. The molecule has 0 aromatic heterocycles. The van der Waals surface area contributed by atoms with Gasteiger partial charge in [0.2, 0.25) is 0 Å². The zero-order valence-corrected chi connectivity index (χ0v) is 14.2. The van der Waals surface area contributed by atoms with Gasteiger partial charge >= 0.3 is 5.97 Å². The molecule has 0 bridgehead atoms. The third kappa shape index (κ3) is 4.13. The van der Waals surface area contributed by atoms with E-state index in [0.29, 0.717) is 27.8 Å². The smallest absolute Gasteiger partial charge is 0.337 e. The number of ether oxygens (including phenoxy) is 1. The number of carbonyl (C=O) groups is 1. The Morgan fingerprint density at radius 2 is 1.95 bits per heavy atom. The minimum Gasteiger partial charge on any atom is -0.465 e. The number of nitrogens with one attached hydrogen (secondary N) is 1. The fourth-order valence-electron chi connectivity index (χ4n) is 1.75. The molecule has 1 N–H and O–H groups in total. The lowest BCUT2D eigenvalue weighted by atomic mass is 10.2. The second-order valence-corrected chi connectivity index (χ2v) is 5.96. The maximum absolute atomic E-state index is 11.5. The molecule has 0 heterocycles. The Morgan fingerprint density at radius 3 is 2.62 bits per heavy atom. The first-order valence-corrected chi connectivity index (χ1v) is 7.62. The van der Waals surface area contributed by atoms with Gasteiger partial charge in [0.1, 0.15) is 0 Å². The van der Waals surface area contributed by atoms with Crippen molar-refractivity contribution in [3.8, 4) is 0 Å². The van der Waals surface area contributed by atoms with Gasteiger partial charge in [0, 0.05) is 11.0 Å². The van der Waals surface area contributed by atoms with Crippen LogP contribution in [-0.4, -0.2) is 13.1 Å². The van der Waals surface area contributed by atoms with E-state index in [1.54, 1.807) is 18.2 Å². The summed E-state index contributed by atoms with van der Waals surface area (Å²) in [6.45, 7) is 0.539. The van der Waals surface area contributed by atoms with Crippen molar-refractivity contribution in [3.05, 3.63) is 62.0 Å². The molecule has 0 saturated heterocycles. The topological polar surface area (TPSA) is 38.3 Å². The summed E-state index contributed by atoms with van der Waals surface area (Å²) in [5, 5.41) is 4.36. The molecule has 0 aliphatic rings. The van der Waals surface area contributed by atoms with Crippen LogP contribution in [0.5, 0.6) is 0 Å². The molecule has 110 valence electrons. The predicted octanol–water partition coefficient (Wildman–Crippen LogP) is 5.15. The first kappa shape index (κ1) is 16.1. The molecule has 0 unspecified atom stereocenters. The van der Waals surface area contributed by atoms with E-state index in [1.165, 1.54) is 7.11 Å². The van der Waals surface area contributed by atoms with Gasteiger partial charge in [0.15, 0.2) is 0 Å². The molecule has 0 radical (unpaired) electrons. The highest BCUT2D eigenvalue weighted by Gasteiger charge is 2.09. The lowest BCUT2D eigenvalue weighted by Crippen LogP contribution is -2.04. The van der Waals surface area contributed by atoms with Crippen molar-refractivity contribution >= 4 is 50.8 Å².